The Labute approximate surface area is 123 Å². The summed E-state index contributed by atoms with van der Waals surface area (Å²) in [6.07, 6.45) is -4.82. The Hall–Kier alpha value is -3.17. The highest BCUT2D eigenvalue weighted by Gasteiger charge is 2.35. The van der Waals surface area contributed by atoms with Crippen molar-refractivity contribution in [1.82, 2.24) is 9.97 Å². The lowest BCUT2D eigenvalue weighted by Crippen LogP contribution is -2.29. The number of rotatable bonds is 1. The predicted octanol–water partition coefficient (Wildman–Crippen LogP) is 2.30. The van der Waals surface area contributed by atoms with Gasteiger partial charge in [-0.15, -0.1) is 0 Å². The van der Waals surface area contributed by atoms with Gasteiger partial charge in [0, 0.05) is 11.5 Å². The summed E-state index contributed by atoms with van der Waals surface area (Å²) in [7, 11) is 0. The third-order valence-electron chi connectivity index (χ3n) is 3.34. The summed E-state index contributed by atoms with van der Waals surface area (Å²) in [5, 5.41) is 10.3. The second-order valence-corrected chi connectivity index (χ2v) is 4.71. The lowest BCUT2D eigenvalue weighted by atomic mass is 10.0. The molecule has 23 heavy (non-hydrogen) atoms. The summed E-state index contributed by atoms with van der Waals surface area (Å²) in [5.74, 6) is 0. The molecule has 1 heterocycles. The molecule has 3 rings (SSSR count). The van der Waals surface area contributed by atoms with Crippen LogP contribution in [0.3, 0.4) is 0 Å². The zero-order chi connectivity index (χ0) is 16.9. The number of alkyl halides is 3. The highest BCUT2D eigenvalue weighted by molar-refractivity contribution is 6.09. The molecule has 118 valence electrons. The summed E-state index contributed by atoms with van der Waals surface area (Å²) in [4.78, 5) is 37.2. The van der Waals surface area contributed by atoms with Gasteiger partial charge in [0.1, 0.15) is 0 Å². The number of non-ortho nitro benzene ring substituents is 1. The minimum absolute atomic E-state index is 0.110. The highest BCUT2D eigenvalue weighted by Crippen LogP contribution is 2.40. The molecule has 0 aliphatic heterocycles. The number of hydrogen-bond acceptors (Lipinski definition) is 4. The minimum Gasteiger partial charge on any atom is -0.316 e. The second-order valence-electron chi connectivity index (χ2n) is 4.71. The number of fused-ring (bicyclic) bond motifs is 3. The molecule has 0 spiro atoms. The van der Waals surface area contributed by atoms with Gasteiger partial charge in [-0.05, 0) is 6.07 Å². The fourth-order valence-corrected chi connectivity index (χ4v) is 2.43. The van der Waals surface area contributed by atoms with Crippen molar-refractivity contribution in [2.24, 2.45) is 0 Å². The monoisotopic (exact) mass is 325 g/mol. The Kier molecular flexibility index (Phi) is 2.99. The van der Waals surface area contributed by atoms with Crippen LogP contribution in [0.5, 0.6) is 0 Å². The van der Waals surface area contributed by atoms with Crippen LogP contribution < -0.4 is 11.1 Å². The minimum atomic E-state index is -4.82. The maximum atomic E-state index is 13.2. The van der Waals surface area contributed by atoms with Gasteiger partial charge in [0.2, 0.25) is 0 Å². The third kappa shape index (κ3) is 2.24. The van der Waals surface area contributed by atoms with Crippen molar-refractivity contribution in [3.05, 3.63) is 60.7 Å². The van der Waals surface area contributed by atoms with Crippen molar-refractivity contribution in [1.29, 1.82) is 0 Å². The lowest BCUT2D eigenvalue weighted by molar-refractivity contribution is -0.383. The first kappa shape index (κ1) is 14.8. The van der Waals surface area contributed by atoms with Gasteiger partial charge in [-0.2, -0.15) is 13.2 Å². The van der Waals surface area contributed by atoms with E-state index in [0.717, 1.165) is 12.1 Å². The van der Waals surface area contributed by atoms with Crippen LogP contribution in [0.1, 0.15) is 5.56 Å². The fraction of sp³-hybridized carbons (Fsp3) is 0.0769. The molecule has 0 amide bonds. The Balaban J connectivity index is 2.66. The van der Waals surface area contributed by atoms with Crippen molar-refractivity contribution in [2.75, 3.05) is 0 Å². The molecule has 3 aromatic rings. The van der Waals surface area contributed by atoms with Gasteiger partial charge < -0.3 is 9.97 Å². The van der Waals surface area contributed by atoms with E-state index in [-0.39, 0.29) is 16.4 Å². The predicted molar refractivity (Wildman–Crippen MR) is 74.4 cm³/mol. The summed E-state index contributed by atoms with van der Waals surface area (Å²) in [6, 6.07) is 3.78. The largest absolute Gasteiger partial charge is 0.417 e. The normalized spacial score (nSPS) is 12.0. The molecule has 0 saturated heterocycles. The van der Waals surface area contributed by atoms with Crippen LogP contribution in [0.2, 0.25) is 0 Å². The topological polar surface area (TPSA) is 109 Å². The Morgan fingerprint density at radius 3 is 2.35 bits per heavy atom. The van der Waals surface area contributed by atoms with Gasteiger partial charge in [0.05, 0.1) is 26.9 Å². The Morgan fingerprint density at radius 1 is 1.09 bits per heavy atom. The van der Waals surface area contributed by atoms with E-state index in [0.29, 0.717) is 6.07 Å². The van der Waals surface area contributed by atoms with Crippen LogP contribution in [-0.2, 0) is 6.18 Å². The molecule has 0 unspecified atom stereocenters. The third-order valence-corrected chi connectivity index (χ3v) is 3.34. The Bertz CT molecular complexity index is 1080. The summed E-state index contributed by atoms with van der Waals surface area (Å²) >= 11 is 0. The number of nitro groups is 1. The average molecular weight is 325 g/mol. The summed E-state index contributed by atoms with van der Waals surface area (Å²) < 4.78 is 39.5. The number of aromatic nitrogens is 2. The number of aromatic amines is 2. The molecule has 0 aliphatic carbocycles. The molecule has 0 fully saturated rings. The molecule has 0 aliphatic rings. The van der Waals surface area contributed by atoms with Crippen molar-refractivity contribution >= 4 is 27.5 Å². The quantitative estimate of drug-likeness (QED) is 0.310. The van der Waals surface area contributed by atoms with Crippen LogP contribution in [0, 0.1) is 10.1 Å². The molecule has 1 aromatic heterocycles. The Morgan fingerprint density at radius 2 is 1.74 bits per heavy atom. The molecule has 0 saturated carbocycles. The molecule has 0 radical (unpaired) electrons. The molecule has 0 atom stereocenters. The van der Waals surface area contributed by atoms with Crippen LogP contribution in [0.25, 0.3) is 21.8 Å². The number of benzene rings is 2. The number of nitrogens with one attached hydrogen (secondary N) is 2. The number of nitrogens with zero attached hydrogens (tertiary/aromatic N) is 1. The van der Waals surface area contributed by atoms with Crippen LogP contribution in [0.15, 0.2) is 33.9 Å². The number of hydrogen-bond donors (Lipinski definition) is 2. The second kappa shape index (κ2) is 4.66. The molecular weight excluding hydrogens is 319 g/mol. The van der Waals surface area contributed by atoms with Gasteiger partial charge >= 0.3 is 17.3 Å². The van der Waals surface area contributed by atoms with Crippen LogP contribution in [0.4, 0.5) is 18.9 Å². The lowest BCUT2D eigenvalue weighted by Gasteiger charge is -2.12. The van der Waals surface area contributed by atoms with Gasteiger partial charge in [-0.1, -0.05) is 12.1 Å². The smallest absolute Gasteiger partial charge is 0.316 e. The van der Waals surface area contributed by atoms with Gasteiger partial charge in [-0.25, -0.2) is 0 Å². The van der Waals surface area contributed by atoms with E-state index in [1.54, 1.807) is 0 Å². The maximum absolute atomic E-state index is 13.2. The standard InChI is InChI=1S/C13H6F3N3O4/c14-13(15,16)6-3-1-2-5-9(6)8(19(22)23)4-7-10(5)18-12(21)11(20)17-7/h1-4H,(H,17,20)(H,18,21). The first-order valence-electron chi connectivity index (χ1n) is 6.14. The number of H-pyrrole nitrogens is 2. The molecular formula is C13H6F3N3O4. The molecule has 2 aromatic carbocycles. The number of halogens is 3. The average Bonchev–Trinajstić information content (AvgIpc) is 2.46. The van der Waals surface area contributed by atoms with Crippen molar-refractivity contribution in [3.63, 3.8) is 0 Å². The fourth-order valence-electron chi connectivity index (χ4n) is 2.43. The zero-order valence-electron chi connectivity index (χ0n) is 11.0. The zero-order valence-corrected chi connectivity index (χ0v) is 11.0. The van der Waals surface area contributed by atoms with Crippen molar-refractivity contribution in [3.8, 4) is 0 Å². The first-order chi connectivity index (χ1) is 10.7. The van der Waals surface area contributed by atoms with E-state index in [4.69, 9.17) is 0 Å². The van der Waals surface area contributed by atoms with E-state index >= 15 is 0 Å². The van der Waals surface area contributed by atoms with E-state index < -0.39 is 38.9 Å². The molecule has 7 nitrogen and oxygen atoms in total. The number of nitro benzene ring substituents is 1. The van der Waals surface area contributed by atoms with Gasteiger partial charge in [0.25, 0.3) is 5.69 Å². The van der Waals surface area contributed by atoms with E-state index in [1.807, 2.05) is 0 Å². The van der Waals surface area contributed by atoms with E-state index in [9.17, 15) is 32.9 Å². The van der Waals surface area contributed by atoms with Crippen molar-refractivity contribution in [2.45, 2.75) is 6.18 Å². The van der Waals surface area contributed by atoms with Crippen LogP contribution >= 0.6 is 0 Å². The summed E-state index contributed by atoms with van der Waals surface area (Å²) in [6.45, 7) is 0. The van der Waals surface area contributed by atoms with E-state index in [2.05, 4.69) is 9.97 Å². The van der Waals surface area contributed by atoms with E-state index in [1.165, 1.54) is 6.07 Å². The first-order valence-corrected chi connectivity index (χ1v) is 6.14. The highest BCUT2D eigenvalue weighted by atomic mass is 19.4. The molecule has 0 bridgehead atoms. The molecule has 2 N–H and O–H groups in total. The van der Waals surface area contributed by atoms with Gasteiger partial charge in [-0.3, -0.25) is 19.7 Å². The van der Waals surface area contributed by atoms with Crippen molar-refractivity contribution < 1.29 is 18.1 Å². The maximum Gasteiger partial charge on any atom is 0.417 e. The van der Waals surface area contributed by atoms with Gasteiger partial charge in [0.15, 0.2) is 0 Å². The molecule has 10 heteroatoms. The summed E-state index contributed by atoms with van der Waals surface area (Å²) in [5.41, 5.74) is -4.38. The SMILES string of the molecule is O=c1[nH]c2cc([N+](=O)[O-])c3c(C(F)(F)F)cccc3c2[nH]c1=O. The van der Waals surface area contributed by atoms with Crippen LogP contribution in [-0.4, -0.2) is 14.9 Å².